The number of rotatable bonds is 2. The van der Waals surface area contributed by atoms with Gasteiger partial charge in [0.15, 0.2) is 0 Å². The Balaban J connectivity index is 2.25. The van der Waals surface area contributed by atoms with Gasteiger partial charge in [-0.2, -0.15) is 5.26 Å². The molecule has 1 saturated heterocycles. The molecule has 1 fully saturated rings. The molecule has 2 atom stereocenters. The van der Waals surface area contributed by atoms with Crippen molar-refractivity contribution in [3.05, 3.63) is 35.4 Å². The van der Waals surface area contributed by atoms with Crippen LogP contribution in [0.25, 0.3) is 0 Å². The molecule has 0 bridgehead atoms. The predicted octanol–water partition coefficient (Wildman–Crippen LogP) is 1.65. The molecule has 2 rings (SSSR count). The third kappa shape index (κ3) is 1.95. The minimum Gasteiger partial charge on any atom is -0.326 e. The molecule has 1 heterocycles. The zero-order valence-electron chi connectivity index (χ0n) is 9.56. The van der Waals surface area contributed by atoms with Gasteiger partial charge in [0.1, 0.15) is 0 Å². The number of nitriles is 1. The Hall–Kier alpha value is -1.37. The molecule has 1 aromatic rings. The van der Waals surface area contributed by atoms with Gasteiger partial charge in [0, 0.05) is 18.6 Å². The first-order chi connectivity index (χ1) is 7.76. The molecule has 2 unspecified atom stereocenters. The van der Waals surface area contributed by atoms with E-state index in [-0.39, 0.29) is 6.04 Å². The number of hydrogen-bond donors (Lipinski definition) is 1. The lowest BCUT2D eigenvalue weighted by atomic mass is 10.00. The van der Waals surface area contributed by atoms with Crippen molar-refractivity contribution in [2.75, 3.05) is 13.1 Å². The van der Waals surface area contributed by atoms with Crippen molar-refractivity contribution in [2.24, 2.45) is 5.73 Å². The molecule has 84 valence electrons. The Labute approximate surface area is 96.5 Å². The zero-order chi connectivity index (χ0) is 11.5. The fourth-order valence-corrected chi connectivity index (χ4v) is 2.45. The van der Waals surface area contributed by atoms with Gasteiger partial charge in [-0.25, -0.2) is 0 Å². The molecular formula is C13H17N3. The number of likely N-dealkylation sites (tertiary alicyclic amines) is 1. The van der Waals surface area contributed by atoms with Crippen LogP contribution in [0.15, 0.2) is 24.3 Å². The maximum atomic E-state index is 8.76. The maximum absolute atomic E-state index is 8.76. The summed E-state index contributed by atoms with van der Waals surface area (Å²) in [7, 11) is 0. The van der Waals surface area contributed by atoms with Gasteiger partial charge in [-0.1, -0.05) is 19.1 Å². The van der Waals surface area contributed by atoms with Crippen LogP contribution in [0.2, 0.25) is 0 Å². The second-order valence-corrected chi connectivity index (χ2v) is 4.26. The van der Waals surface area contributed by atoms with Crippen LogP contribution >= 0.6 is 0 Å². The van der Waals surface area contributed by atoms with E-state index < -0.39 is 0 Å². The lowest BCUT2D eigenvalue weighted by Crippen LogP contribution is -2.31. The highest BCUT2D eigenvalue weighted by atomic mass is 15.2. The number of likely N-dealkylation sites (N-methyl/N-ethyl adjacent to an activating group) is 1. The van der Waals surface area contributed by atoms with E-state index in [0.29, 0.717) is 11.6 Å². The Morgan fingerprint density at radius 2 is 2.12 bits per heavy atom. The largest absolute Gasteiger partial charge is 0.326 e. The van der Waals surface area contributed by atoms with E-state index in [1.54, 1.807) is 0 Å². The molecule has 1 aliphatic rings. The summed E-state index contributed by atoms with van der Waals surface area (Å²) in [5.74, 6) is 0. The van der Waals surface area contributed by atoms with E-state index in [9.17, 15) is 0 Å². The van der Waals surface area contributed by atoms with Gasteiger partial charge in [-0.05, 0) is 30.7 Å². The molecule has 2 N–H and O–H groups in total. The first-order valence-electron chi connectivity index (χ1n) is 5.76. The summed E-state index contributed by atoms with van der Waals surface area (Å²) in [5, 5.41) is 8.76. The quantitative estimate of drug-likeness (QED) is 0.816. The van der Waals surface area contributed by atoms with Gasteiger partial charge in [0.25, 0.3) is 0 Å². The third-order valence-corrected chi connectivity index (χ3v) is 3.34. The fourth-order valence-electron chi connectivity index (χ4n) is 2.45. The second-order valence-electron chi connectivity index (χ2n) is 4.26. The van der Waals surface area contributed by atoms with Crippen molar-refractivity contribution in [2.45, 2.75) is 25.4 Å². The molecule has 0 radical (unpaired) electrons. The standard InChI is InChI=1S/C13H17N3/c1-2-16-8-7-12(15)13(16)11-5-3-10(9-14)4-6-11/h3-6,12-13H,2,7-8,15H2,1H3. The first-order valence-corrected chi connectivity index (χ1v) is 5.76. The molecule has 0 spiro atoms. The number of nitrogens with zero attached hydrogens (tertiary/aromatic N) is 2. The van der Waals surface area contributed by atoms with Crippen LogP contribution < -0.4 is 5.73 Å². The monoisotopic (exact) mass is 215 g/mol. The van der Waals surface area contributed by atoms with E-state index >= 15 is 0 Å². The zero-order valence-corrected chi connectivity index (χ0v) is 9.56. The van der Waals surface area contributed by atoms with Crippen molar-refractivity contribution >= 4 is 0 Å². The minimum absolute atomic E-state index is 0.216. The van der Waals surface area contributed by atoms with Gasteiger partial charge >= 0.3 is 0 Å². The van der Waals surface area contributed by atoms with Crippen LogP contribution in [0.3, 0.4) is 0 Å². The van der Waals surface area contributed by atoms with Crippen molar-refractivity contribution in [3.63, 3.8) is 0 Å². The van der Waals surface area contributed by atoms with Crippen molar-refractivity contribution in [1.82, 2.24) is 4.90 Å². The molecule has 0 aromatic heterocycles. The fraction of sp³-hybridized carbons (Fsp3) is 0.462. The summed E-state index contributed by atoms with van der Waals surface area (Å²) < 4.78 is 0. The van der Waals surface area contributed by atoms with Crippen LogP contribution in [-0.4, -0.2) is 24.0 Å². The third-order valence-electron chi connectivity index (χ3n) is 3.34. The van der Waals surface area contributed by atoms with E-state index in [1.165, 1.54) is 5.56 Å². The Kier molecular flexibility index (Phi) is 3.23. The lowest BCUT2D eigenvalue weighted by Gasteiger charge is -2.25. The van der Waals surface area contributed by atoms with Crippen molar-refractivity contribution in [3.8, 4) is 6.07 Å². The highest BCUT2D eigenvalue weighted by molar-refractivity contribution is 5.33. The Morgan fingerprint density at radius 3 is 2.69 bits per heavy atom. The first kappa shape index (κ1) is 11.1. The van der Waals surface area contributed by atoms with Crippen molar-refractivity contribution in [1.29, 1.82) is 5.26 Å². The number of benzene rings is 1. The number of nitrogens with two attached hydrogens (primary N) is 1. The smallest absolute Gasteiger partial charge is 0.0991 e. The molecule has 3 nitrogen and oxygen atoms in total. The Morgan fingerprint density at radius 1 is 1.44 bits per heavy atom. The van der Waals surface area contributed by atoms with Crippen LogP contribution in [-0.2, 0) is 0 Å². The lowest BCUT2D eigenvalue weighted by molar-refractivity contribution is 0.261. The SMILES string of the molecule is CCN1CCC(N)C1c1ccc(C#N)cc1. The maximum Gasteiger partial charge on any atom is 0.0991 e. The van der Waals surface area contributed by atoms with E-state index in [0.717, 1.165) is 19.5 Å². The summed E-state index contributed by atoms with van der Waals surface area (Å²) in [5.41, 5.74) is 8.08. The van der Waals surface area contributed by atoms with Gasteiger partial charge in [0.2, 0.25) is 0 Å². The van der Waals surface area contributed by atoms with Gasteiger partial charge < -0.3 is 5.73 Å². The second kappa shape index (κ2) is 4.65. The summed E-state index contributed by atoms with van der Waals surface area (Å²) >= 11 is 0. The highest BCUT2D eigenvalue weighted by Crippen LogP contribution is 2.30. The highest BCUT2D eigenvalue weighted by Gasteiger charge is 2.31. The summed E-state index contributed by atoms with van der Waals surface area (Å²) in [6, 6.07) is 10.5. The molecule has 16 heavy (non-hydrogen) atoms. The number of hydrogen-bond acceptors (Lipinski definition) is 3. The summed E-state index contributed by atoms with van der Waals surface area (Å²) in [6.07, 6.45) is 1.05. The predicted molar refractivity (Wildman–Crippen MR) is 63.7 cm³/mol. The van der Waals surface area contributed by atoms with Crippen LogP contribution in [0.5, 0.6) is 0 Å². The molecule has 3 heteroatoms. The van der Waals surface area contributed by atoms with E-state index in [4.69, 9.17) is 11.0 Å². The average Bonchev–Trinajstić information content (AvgIpc) is 2.70. The minimum atomic E-state index is 0.216. The van der Waals surface area contributed by atoms with Crippen molar-refractivity contribution < 1.29 is 0 Å². The normalized spacial score (nSPS) is 25.6. The summed E-state index contributed by atoms with van der Waals surface area (Å²) in [4.78, 5) is 2.39. The van der Waals surface area contributed by atoms with E-state index in [1.807, 2.05) is 24.3 Å². The van der Waals surface area contributed by atoms with Gasteiger partial charge in [-0.3, -0.25) is 4.90 Å². The van der Waals surface area contributed by atoms with Crippen LogP contribution in [0.1, 0.15) is 30.5 Å². The molecule has 0 aliphatic carbocycles. The topological polar surface area (TPSA) is 53.0 Å². The molecular weight excluding hydrogens is 198 g/mol. The molecule has 1 aliphatic heterocycles. The average molecular weight is 215 g/mol. The molecule has 0 saturated carbocycles. The van der Waals surface area contributed by atoms with E-state index in [2.05, 4.69) is 17.9 Å². The molecule has 0 amide bonds. The van der Waals surface area contributed by atoms with Gasteiger partial charge in [0.05, 0.1) is 11.6 Å². The van der Waals surface area contributed by atoms with Gasteiger partial charge in [-0.15, -0.1) is 0 Å². The Bertz CT molecular complexity index is 391. The summed E-state index contributed by atoms with van der Waals surface area (Å²) in [6.45, 7) is 4.26. The van der Waals surface area contributed by atoms with Crippen LogP contribution in [0.4, 0.5) is 0 Å². The van der Waals surface area contributed by atoms with Crippen LogP contribution in [0, 0.1) is 11.3 Å². The molecule has 1 aromatic carbocycles.